The molecule has 0 amide bonds. The summed E-state index contributed by atoms with van der Waals surface area (Å²) >= 11 is 1.07. The summed E-state index contributed by atoms with van der Waals surface area (Å²) in [5.41, 5.74) is 9.71. The van der Waals surface area contributed by atoms with Crippen LogP contribution in [0.15, 0.2) is 46.7 Å². The van der Waals surface area contributed by atoms with Crippen LogP contribution in [0.1, 0.15) is 33.9 Å². The monoisotopic (exact) mass is 824 g/mol. The van der Waals surface area contributed by atoms with Gasteiger partial charge in [0.1, 0.15) is 61.9 Å². The number of thioether (sulfide) groups is 1. The number of hydrogen-bond donors (Lipinski definition) is 4. The number of hydrogen-bond acceptors (Lipinski definition) is 18. The summed E-state index contributed by atoms with van der Waals surface area (Å²) in [5, 5.41) is 19.7. The SMILES string of the molecule is C=C1N=C(N)C=CN1[C@@H]1O[C@H](COC(=O)CSCC(=O)C(C)C)C(O)C1(F)F.CC(C)C(=O)COCC(=O)OC[C@H]1O[C@@H](n2ccc(N)nc2=O)C(F)(F)C1O. The second-order valence-electron chi connectivity index (χ2n) is 13.1. The molecule has 6 atom stereocenters. The Balaban J connectivity index is 0.000000300. The number of rotatable bonds is 16. The second kappa shape index (κ2) is 19.6. The van der Waals surface area contributed by atoms with Gasteiger partial charge in [-0.3, -0.25) is 19.0 Å². The van der Waals surface area contributed by atoms with Crippen LogP contribution in [-0.2, 0) is 42.9 Å². The highest BCUT2D eigenvalue weighted by Crippen LogP contribution is 2.42. The van der Waals surface area contributed by atoms with Crippen LogP contribution in [0.4, 0.5) is 23.4 Å². The van der Waals surface area contributed by atoms with Gasteiger partial charge in [-0.15, -0.1) is 11.8 Å². The molecule has 0 radical (unpaired) electrons. The molecule has 1 aromatic heterocycles. The molecule has 0 aliphatic carbocycles. The standard InChI is InChI=1S/C17H23F2N3O5S.C16H21F2N3O7/c1-9(2)11(23)7-28-8-14(24)26-6-12-15(25)17(18,19)16(27-12)22-5-4-13(20)21-10(22)3;1-8(2)9(22)5-26-7-12(23)27-6-10-13(24)16(17,18)14(28-10)21-4-3-11(19)20-15(21)25/h4-5,9,12,15-16,25H,3,6-8H2,1-2H3,(H2,20,21);3-4,8,10,13-14,24H,5-7H2,1-2H3,(H2,19,20,25)/t12-,15?,16-;10-,13?,14-/m11/s1. The third kappa shape index (κ3) is 11.8. The number of Topliss-reactive ketones (excluding diaryl/α,β-unsaturated/α-hetero) is 2. The summed E-state index contributed by atoms with van der Waals surface area (Å²) in [7, 11) is 0. The highest BCUT2D eigenvalue weighted by Gasteiger charge is 2.61. The van der Waals surface area contributed by atoms with Crippen LogP contribution in [0.5, 0.6) is 0 Å². The number of esters is 2. The third-order valence-corrected chi connectivity index (χ3v) is 9.04. The molecule has 6 N–H and O–H groups in total. The van der Waals surface area contributed by atoms with E-state index in [2.05, 4.69) is 16.6 Å². The number of aliphatic imine (C=N–C) groups is 1. The van der Waals surface area contributed by atoms with Crippen molar-refractivity contribution >= 4 is 46.9 Å². The highest BCUT2D eigenvalue weighted by molar-refractivity contribution is 8.00. The van der Waals surface area contributed by atoms with Crippen molar-refractivity contribution in [1.82, 2.24) is 14.5 Å². The van der Waals surface area contributed by atoms with Gasteiger partial charge in [0.25, 0.3) is 0 Å². The van der Waals surface area contributed by atoms with Crippen LogP contribution in [-0.4, -0.2) is 134 Å². The van der Waals surface area contributed by atoms with Crippen molar-refractivity contribution in [2.75, 3.05) is 43.7 Å². The molecule has 0 aromatic carbocycles. The molecular weight excluding hydrogens is 780 g/mol. The molecule has 2 fully saturated rings. The number of ketones is 2. The predicted octanol–water partition coefficient (Wildman–Crippen LogP) is 0.371. The van der Waals surface area contributed by atoms with Gasteiger partial charge in [0.2, 0.25) is 12.5 Å². The molecule has 18 nitrogen and oxygen atoms in total. The summed E-state index contributed by atoms with van der Waals surface area (Å²) < 4.78 is 82.8. The molecule has 56 heavy (non-hydrogen) atoms. The molecular formula is C33H44F4N6O12S. The number of carbonyl (C=O) groups is 4. The number of halogens is 4. The first-order valence-electron chi connectivity index (χ1n) is 16.9. The van der Waals surface area contributed by atoms with Gasteiger partial charge >= 0.3 is 29.5 Å². The van der Waals surface area contributed by atoms with Crippen LogP contribution < -0.4 is 17.2 Å². The van der Waals surface area contributed by atoms with E-state index in [-0.39, 0.29) is 59.0 Å². The number of nitrogen functional groups attached to an aromatic ring is 1. The first kappa shape index (κ1) is 46.0. The molecule has 0 spiro atoms. The number of aromatic nitrogens is 2. The normalized spacial score (nSPS) is 25.1. The van der Waals surface area contributed by atoms with Gasteiger partial charge in [-0.1, -0.05) is 34.3 Å². The number of carbonyl (C=O) groups excluding carboxylic acids is 4. The highest BCUT2D eigenvalue weighted by atomic mass is 32.2. The molecule has 4 heterocycles. The predicted molar refractivity (Wildman–Crippen MR) is 189 cm³/mol. The summed E-state index contributed by atoms with van der Waals surface area (Å²) in [6.07, 6.45) is -8.08. The van der Waals surface area contributed by atoms with Crippen LogP contribution in [0.2, 0.25) is 0 Å². The molecule has 312 valence electrons. The first-order chi connectivity index (χ1) is 26.1. The lowest BCUT2D eigenvalue weighted by Crippen LogP contribution is -2.47. The van der Waals surface area contributed by atoms with Crippen LogP contribution in [0, 0.1) is 11.8 Å². The Morgan fingerprint density at radius 3 is 2.02 bits per heavy atom. The number of aliphatic hydroxyl groups is 2. The van der Waals surface area contributed by atoms with Gasteiger partial charge in [-0.2, -0.15) is 22.5 Å². The van der Waals surface area contributed by atoms with E-state index in [1.54, 1.807) is 27.7 Å². The maximum Gasteiger partial charge on any atom is 0.351 e. The van der Waals surface area contributed by atoms with Crippen molar-refractivity contribution in [1.29, 1.82) is 0 Å². The van der Waals surface area contributed by atoms with Crippen LogP contribution in [0.25, 0.3) is 0 Å². The zero-order valence-electron chi connectivity index (χ0n) is 30.7. The van der Waals surface area contributed by atoms with Crippen molar-refractivity contribution in [3.8, 4) is 0 Å². The van der Waals surface area contributed by atoms with E-state index >= 15 is 0 Å². The topological polar surface area (TPSA) is 257 Å². The molecule has 1 aromatic rings. The Hall–Kier alpha value is -4.42. The summed E-state index contributed by atoms with van der Waals surface area (Å²) in [6.45, 7) is 8.26. The molecule has 23 heteroatoms. The van der Waals surface area contributed by atoms with E-state index in [1.165, 1.54) is 12.3 Å². The number of alkyl halides is 4. The minimum absolute atomic E-state index is 0.00653. The van der Waals surface area contributed by atoms with Crippen LogP contribution >= 0.6 is 11.8 Å². The van der Waals surface area contributed by atoms with E-state index in [4.69, 9.17) is 35.2 Å². The lowest BCUT2D eigenvalue weighted by Gasteiger charge is -2.31. The Bertz CT molecular complexity index is 1730. The molecule has 4 rings (SSSR count). The molecule has 0 saturated carbocycles. The molecule has 3 aliphatic heterocycles. The fraction of sp³-hybridized carbons (Fsp3) is 0.606. The molecule has 2 saturated heterocycles. The number of ether oxygens (including phenoxy) is 5. The van der Waals surface area contributed by atoms with Gasteiger partial charge in [-0.05, 0) is 12.1 Å². The molecule has 3 aliphatic rings. The lowest BCUT2D eigenvalue weighted by molar-refractivity contribution is -0.156. The maximum atomic E-state index is 14.4. The quantitative estimate of drug-likeness (QED) is 0.130. The number of nitrogens with two attached hydrogens (primary N) is 2. The Morgan fingerprint density at radius 2 is 1.46 bits per heavy atom. The van der Waals surface area contributed by atoms with Crippen molar-refractivity contribution in [3.63, 3.8) is 0 Å². The molecule has 0 bridgehead atoms. The van der Waals surface area contributed by atoms with Crippen molar-refractivity contribution < 1.29 is 70.6 Å². The average Bonchev–Trinajstić information content (AvgIpc) is 3.48. The number of nitrogens with zero attached hydrogens (tertiary/aromatic N) is 4. The van der Waals surface area contributed by atoms with Gasteiger partial charge in [0, 0.05) is 24.2 Å². The number of aliphatic hydroxyl groups excluding tert-OH is 2. The number of amidine groups is 1. The zero-order chi connectivity index (χ0) is 42.1. The van der Waals surface area contributed by atoms with E-state index in [0.717, 1.165) is 28.9 Å². The van der Waals surface area contributed by atoms with Crippen molar-refractivity contribution in [3.05, 3.63) is 47.4 Å². The molecule has 2 unspecified atom stereocenters. The summed E-state index contributed by atoms with van der Waals surface area (Å²) in [5.74, 6) is -9.83. The van der Waals surface area contributed by atoms with E-state index in [9.17, 15) is 51.7 Å². The van der Waals surface area contributed by atoms with E-state index in [1.807, 2.05) is 0 Å². The van der Waals surface area contributed by atoms with Crippen molar-refractivity contribution in [2.24, 2.45) is 22.6 Å². The Morgan fingerprint density at radius 1 is 0.911 bits per heavy atom. The Labute approximate surface area is 321 Å². The maximum absolute atomic E-state index is 14.4. The van der Waals surface area contributed by atoms with Gasteiger partial charge in [0.05, 0.1) is 11.5 Å². The van der Waals surface area contributed by atoms with E-state index < -0.39 is 86.2 Å². The first-order valence-corrected chi connectivity index (χ1v) is 18.0. The van der Waals surface area contributed by atoms with E-state index in [0.29, 0.717) is 4.57 Å². The number of anilines is 1. The minimum atomic E-state index is -3.85. The van der Waals surface area contributed by atoms with Gasteiger partial charge < -0.3 is 50.3 Å². The van der Waals surface area contributed by atoms with Gasteiger partial charge in [0.15, 0.2) is 18.0 Å². The average molecular weight is 825 g/mol. The zero-order valence-corrected chi connectivity index (χ0v) is 31.5. The largest absolute Gasteiger partial charge is 0.462 e. The fourth-order valence-corrected chi connectivity index (χ4v) is 5.64. The third-order valence-electron chi connectivity index (χ3n) is 8.11. The van der Waals surface area contributed by atoms with Crippen LogP contribution in [0.3, 0.4) is 0 Å². The summed E-state index contributed by atoms with van der Waals surface area (Å²) in [4.78, 5) is 66.0. The minimum Gasteiger partial charge on any atom is -0.462 e. The lowest BCUT2D eigenvalue weighted by atomic mass is 10.1. The fourth-order valence-electron chi connectivity index (χ4n) is 4.75. The van der Waals surface area contributed by atoms with Gasteiger partial charge in [-0.25, -0.2) is 14.6 Å². The smallest absolute Gasteiger partial charge is 0.351 e. The second-order valence-corrected chi connectivity index (χ2v) is 14.1. The summed E-state index contributed by atoms with van der Waals surface area (Å²) in [6, 6.07) is 1.12. The van der Waals surface area contributed by atoms with Crippen molar-refractivity contribution in [2.45, 2.75) is 76.4 Å². The Kier molecular flexibility index (Phi) is 16.1.